The van der Waals surface area contributed by atoms with Gasteiger partial charge in [-0.2, -0.15) is 0 Å². The van der Waals surface area contributed by atoms with Gasteiger partial charge in [0.2, 0.25) is 0 Å². The summed E-state index contributed by atoms with van der Waals surface area (Å²) in [5.41, 5.74) is 1.09. The molecule has 0 atom stereocenters. The third kappa shape index (κ3) is 0.725. The summed E-state index contributed by atoms with van der Waals surface area (Å²) in [5.74, 6) is 0.437. The van der Waals surface area contributed by atoms with Crippen molar-refractivity contribution in [3.05, 3.63) is 11.4 Å². The lowest BCUT2D eigenvalue weighted by Gasteiger charge is -1.82. The van der Waals surface area contributed by atoms with Crippen LogP contribution < -0.4 is 0 Å². The monoisotopic (exact) mass is 138 g/mol. The maximum Gasteiger partial charge on any atom is 0.173 e. The smallest absolute Gasteiger partial charge is 0.173 e. The lowest BCUT2D eigenvalue weighted by molar-refractivity contribution is 0.111. The first-order valence-corrected chi connectivity index (χ1v) is 3.19. The van der Waals surface area contributed by atoms with Crippen molar-refractivity contribution in [2.75, 3.05) is 0 Å². The molecule has 1 fully saturated rings. The van der Waals surface area contributed by atoms with E-state index < -0.39 is 0 Å². The number of hydrogen-bond donors (Lipinski definition) is 0. The van der Waals surface area contributed by atoms with E-state index in [0.717, 1.165) is 18.5 Å². The van der Waals surface area contributed by atoms with Crippen molar-refractivity contribution in [1.82, 2.24) is 10.3 Å². The molecular formula is C6H6N2O2. The molecule has 2 rings (SSSR count). The largest absolute Gasteiger partial charge is 0.296 e. The number of nitrogens with zero attached hydrogens (tertiary/aromatic N) is 2. The molecule has 4 heteroatoms. The molecule has 0 aromatic carbocycles. The molecule has 0 radical (unpaired) electrons. The molecule has 1 aromatic rings. The van der Waals surface area contributed by atoms with Crippen LogP contribution in [0, 0.1) is 0 Å². The van der Waals surface area contributed by atoms with E-state index in [2.05, 4.69) is 14.9 Å². The molecule has 1 heterocycles. The normalized spacial score (nSPS) is 17.2. The molecule has 1 aromatic heterocycles. The Morgan fingerprint density at radius 2 is 2.30 bits per heavy atom. The topological polar surface area (TPSA) is 56.0 Å². The molecule has 1 aliphatic rings. The van der Waals surface area contributed by atoms with Crippen molar-refractivity contribution in [3.63, 3.8) is 0 Å². The molecule has 10 heavy (non-hydrogen) atoms. The Morgan fingerprint density at radius 3 is 2.90 bits per heavy atom. The van der Waals surface area contributed by atoms with Crippen LogP contribution in [0.3, 0.4) is 0 Å². The second-order valence-electron chi connectivity index (χ2n) is 2.43. The van der Waals surface area contributed by atoms with Gasteiger partial charge in [0.15, 0.2) is 12.0 Å². The van der Waals surface area contributed by atoms with E-state index in [1.165, 1.54) is 0 Å². The molecule has 52 valence electrons. The van der Waals surface area contributed by atoms with Gasteiger partial charge >= 0.3 is 0 Å². The average Bonchev–Trinajstić information content (AvgIpc) is 2.69. The number of aldehydes is 1. The Balaban J connectivity index is 2.37. The van der Waals surface area contributed by atoms with Crippen LogP contribution >= 0.6 is 0 Å². The highest BCUT2D eigenvalue weighted by atomic mass is 16.6. The Bertz CT molecular complexity index is 252. The second kappa shape index (κ2) is 1.90. The fraction of sp³-hybridized carbons (Fsp3) is 0.500. The summed E-state index contributed by atoms with van der Waals surface area (Å²) in [5, 5.41) is 7.07. The second-order valence-corrected chi connectivity index (χ2v) is 2.43. The van der Waals surface area contributed by atoms with Crippen molar-refractivity contribution >= 4 is 6.29 Å². The van der Waals surface area contributed by atoms with Gasteiger partial charge in [-0.3, -0.25) is 4.79 Å². The van der Waals surface area contributed by atoms with Crippen molar-refractivity contribution < 1.29 is 9.42 Å². The minimum atomic E-state index is 0.363. The van der Waals surface area contributed by atoms with Gasteiger partial charge in [-0.15, -0.1) is 0 Å². The molecular weight excluding hydrogens is 132 g/mol. The van der Waals surface area contributed by atoms with Crippen LogP contribution in [0.4, 0.5) is 0 Å². The van der Waals surface area contributed by atoms with Gasteiger partial charge in [0, 0.05) is 5.92 Å². The van der Waals surface area contributed by atoms with E-state index >= 15 is 0 Å². The predicted molar refractivity (Wildman–Crippen MR) is 31.7 cm³/mol. The lowest BCUT2D eigenvalue weighted by Crippen LogP contribution is -1.86. The first-order chi connectivity index (χ1) is 4.92. The molecule has 1 aliphatic carbocycles. The van der Waals surface area contributed by atoms with E-state index in [-0.39, 0.29) is 0 Å². The van der Waals surface area contributed by atoms with Gasteiger partial charge in [-0.1, -0.05) is 5.16 Å². The zero-order chi connectivity index (χ0) is 6.97. The minimum absolute atomic E-state index is 0.363. The molecule has 0 bridgehead atoms. The van der Waals surface area contributed by atoms with E-state index in [1.807, 2.05) is 0 Å². The molecule has 0 aliphatic heterocycles. The zero-order valence-corrected chi connectivity index (χ0v) is 5.28. The summed E-state index contributed by atoms with van der Waals surface area (Å²) in [4.78, 5) is 10.3. The van der Waals surface area contributed by atoms with Crippen LogP contribution in [0.2, 0.25) is 0 Å². The number of hydrogen-bond acceptors (Lipinski definition) is 4. The number of carbonyl (C=O) groups is 1. The van der Waals surface area contributed by atoms with Gasteiger partial charge < -0.3 is 0 Å². The van der Waals surface area contributed by atoms with Gasteiger partial charge in [-0.25, -0.2) is 4.63 Å². The standard InChI is InChI=1S/C6H6N2O2/c9-3-5-6(4-1-2-4)8-10-7-5/h3-4H,1-2H2. The Kier molecular flexibility index (Phi) is 1.06. The number of aromatic nitrogens is 2. The summed E-state index contributed by atoms with van der Waals surface area (Å²) in [6.45, 7) is 0. The average molecular weight is 138 g/mol. The molecule has 0 unspecified atom stereocenters. The summed E-state index contributed by atoms with van der Waals surface area (Å²) in [7, 11) is 0. The van der Waals surface area contributed by atoms with Crippen LogP contribution in [0.25, 0.3) is 0 Å². The van der Waals surface area contributed by atoms with Crippen LogP contribution in [0.1, 0.15) is 34.9 Å². The van der Waals surface area contributed by atoms with E-state index in [0.29, 0.717) is 17.9 Å². The Morgan fingerprint density at radius 1 is 1.50 bits per heavy atom. The molecule has 1 saturated carbocycles. The summed E-state index contributed by atoms with van der Waals surface area (Å²) >= 11 is 0. The van der Waals surface area contributed by atoms with Crippen LogP contribution in [-0.2, 0) is 0 Å². The lowest BCUT2D eigenvalue weighted by atomic mass is 10.2. The van der Waals surface area contributed by atoms with Crippen molar-refractivity contribution in [1.29, 1.82) is 0 Å². The SMILES string of the molecule is O=Cc1nonc1C1CC1. The van der Waals surface area contributed by atoms with Crippen LogP contribution in [-0.4, -0.2) is 16.6 Å². The molecule has 0 saturated heterocycles. The molecule has 0 amide bonds. The number of rotatable bonds is 2. The quantitative estimate of drug-likeness (QED) is 0.566. The van der Waals surface area contributed by atoms with E-state index in [4.69, 9.17) is 0 Å². The third-order valence-corrected chi connectivity index (χ3v) is 1.62. The zero-order valence-electron chi connectivity index (χ0n) is 5.28. The van der Waals surface area contributed by atoms with Crippen molar-refractivity contribution in [2.24, 2.45) is 0 Å². The van der Waals surface area contributed by atoms with Crippen molar-refractivity contribution in [3.8, 4) is 0 Å². The van der Waals surface area contributed by atoms with Crippen LogP contribution in [0.15, 0.2) is 4.63 Å². The predicted octanol–water partition coefficient (Wildman–Crippen LogP) is 0.760. The van der Waals surface area contributed by atoms with Gasteiger partial charge in [0.05, 0.1) is 0 Å². The maximum absolute atomic E-state index is 10.3. The fourth-order valence-corrected chi connectivity index (χ4v) is 0.924. The van der Waals surface area contributed by atoms with E-state index in [1.54, 1.807) is 0 Å². The highest BCUT2D eigenvalue weighted by Crippen LogP contribution is 2.39. The van der Waals surface area contributed by atoms with Gasteiger partial charge in [-0.05, 0) is 18.0 Å². The van der Waals surface area contributed by atoms with Crippen LogP contribution in [0.5, 0.6) is 0 Å². The van der Waals surface area contributed by atoms with Gasteiger partial charge in [0.25, 0.3) is 0 Å². The first-order valence-electron chi connectivity index (χ1n) is 3.19. The van der Waals surface area contributed by atoms with E-state index in [9.17, 15) is 4.79 Å². The summed E-state index contributed by atoms with van der Waals surface area (Å²) in [6, 6.07) is 0. The summed E-state index contributed by atoms with van der Waals surface area (Å²) < 4.78 is 4.41. The van der Waals surface area contributed by atoms with Crippen molar-refractivity contribution in [2.45, 2.75) is 18.8 Å². The highest BCUT2D eigenvalue weighted by Gasteiger charge is 2.30. The summed E-state index contributed by atoms with van der Waals surface area (Å²) in [6.07, 6.45) is 2.90. The first kappa shape index (κ1) is 5.58. The minimum Gasteiger partial charge on any atom is -0.296 e. The maximum atomic E-state index is 10.3. The Labute approximate surface area is 57.2 Å². The fourth-order valence-electron chi connectivity index (χ4n) is 0.924. The number of carbonyl (C=O) groups excluding carboxylic acids is 1. The third-order valence-electron chi connectivity index (χ3n) is 1.62. The molecule has 0 spiro atoms. The highest BCUT2D eigenvalue weighted by molar-refractivity contribution is 5.73. The molecule has 4 nitrogen and oxygen atoms in total. The van der Waals surface area contributed by atoms with Gasteiger partial charge in [0.1, 0.15) is 5.69 Å². The Hall–Kier alpha value is -1.19. The molecule has 0 N–H and O–H groups in total.